The van der Waals surface area contributed by atoms with Gasteiger partial charge in [0.1, 0.15) is 5.84 Å². The van der Waals surface area contributed by atoms with E-state index >= 15 is 0 Å². The minimum absolute atomic E-state index is 0.0354. The van der Waals surface area contributed by atoms with Crippen LogP contribution in [0.4, 0.5) is 5.69 Å². The summed E-state index contributed by atoms with van der Waals surface area (Å²) in [6.45, 7) is 4.03. The first-order valence-corrected chi connectivity index (χ1v) is 5.85. The third-order valence-electron chi connectivity index (χ3n) is 3.74. The monoisotopic (exact) mass is 231 g/mol. The molecule has 4 N–H and O–H groups in total. The fourth-order valence-electron chi connectivity index (χ4n) is 2.53. The van der Waals surface area contributed by atoms with Crippen LogP contribution in [0, 0.1) is 5.41 Å². The molecule has 2 rings (SSSR count). The van der Waals surface area contributed by atoms with Gasteiger partial charge in [0.2, 0.25) is 5.91 Å². The van der Waals surface area contributed by atoms with Crippen LogP contribution in [-0.4, -0.2) is 11.7 Å². The number of amidine groups is 1. The van der Waals surface area contributed by atoms with Crippen molar-refractivity contribution in [2.75, 3.05) is 5.32 Å². The van der Waals surface area contributed by atoms with Crippen LogP contribution < -0.4 is 11.1 Å². The minimum atomic E-state index is -0.458. The molecule has 0 radical (unpaired) electrons. The van der Waals surface area contributed by atoms with E-state index in [-0.39, 0.29) is 11.7 Å². The number of nitrogens with two attached hydrogens (primary N) is 1. The van der Waals surface area contributed by atoms with E-state index in [0.29, 0.717) is 5.56 Å². The second-order valence-corrected chi connectivity index (χ2v) is 4.42. The number of nitrogen functional groups attached to an aromatic ring is 1. The van der Waals surface area contributed by atoms with E-state index in [1.807, 2.05) is 26.0 Å². The Bertz CT molecular complexity index is 489. The number of hydrogen-bond acceptors (Lipinski definition) is 2. The van der Waals surface area contributed by atoms with Crippen molar-refractivity contribution in [2.24, 2.45) is 5.73 Å². The lowest BCUT2D eigenvalue weighted by Gasteiger charge is -2.24. The minimum Gasteiger partial charge on any atom is -0.384 e. The van der Waals surface area contributed by atoms with Crippen molar-refractivity contribution in [1.82, 2.24) is 0 Å². The van der Waals surface area contributed by atoms with Crippen LogP contribution in [0.5, 0.6) is 0 Å². The molecule has 0 spiro atoms. The van der Waals surface area contributed by atoms with Gasteiger partial charge in [-0.1, -0.05) is 13.8 Å². The number of fused-ring (bicyclic) bond motifs is 1. The molecule has 0 saturated carbocycles. The molecule has 0 bridgehead atoms. The fourth-order valence-corrected chi connectivity index (χ4v) is 2.53. The summed E-state index contributed by atoms with van der Waals surface area (Å²) >= 11 is 0. The van der Waals surface area contributed by atoms with Crippen LogP contribution >= 0.6 is 0 Å². The zero-order valence-corrected chi connectivity index (χ0v) is 10.1. The summed E-state index contributed by atoms with van der Waals surface area (Å²) in [6, 6.07) is 5.46. The number of hydrogen-bond donors (Lipinski definition) is 3. The van der Waals surface area contributed by atoms with Crippen molar-refractivity contribution in [3.63, 3.8) is 0 Å². The van der Waals surface area contributed by atoms with Crippen LogP contribution in [0.25, 0.3) is 0 Å². The van der Waals surface area contributed by atoms with Crippen LogP contribution in [0.2, 0.25) is 0 Å². The molecular formula is C13H17N3O. The Balaban J connectivity index is 2.61. The molecule has 0 aliphatic carbocycles. The number of rotatable bonds is 3. The molecule has 0 unspecified atom stereocenters. The first kappa shape index (κ1) is 11.6. The quantitative estimate of drug-likeness (QED) is 0.549. The summed E-state index contributed by atoms with van der Waals surface area (Å²) in [5, 5.41) is 10.4. The van der Waals surface area contributed by atoms with Gasteiger partial charge in [-0.3, -0.25) is 10.2 Å². The van der Waals surface area contributed by atoms with Crippen LogP contribution in [-0.2, 0) is 10.2 Å². The third kappa shape index (κ3) is 1.52. The molecule has 4 nitrogen and oxygen atoms in total. The van der Waals surface area contributed by atoms with E-state index in [2.05, 4.69) is 5.32 Å². The maximum Gasteiger partial charge on any atom is 0.235 e. The van der Waals surface area contributed by atoms with Gasteiger partial charge in [-0.05, 0) is 36.6 Å². The maximum atomic E-state index is 12.1. The summed E-state index contributed by atoms with van der Waals surface area (Å²) < 4.78 is 0. The highest BCUT2D eigenvalue weighted by atomic mass is 16.2. The topological polar surface area (TPSA) is 79.0 Å². The van der Waals surface area contributed by atoms with Gasteiger partial charge in [0.05, 0.1) is 5.41 Å². The Kier molecular flexibility index (Phi) is 2.65. The van der Waals surface area contributed by atoms with Gasteiger partial charge in [-0.2, -0.15) is 0 Å². The normalized spacial score (nSPS) is 16.5. The molecule has 1 heterocycles. The molecule has 1 aliphatic heterocycles. The van der Waals surface area contributed by atoms with Crippen LogP contribution in [0.15, 0.2) is 18.2 Å². The van der Waals surface area contributed by atoms with Crippen LogP contribution in [0.3, 0.4) is 0 Å². The molecule has 0 fully saturated rings. The van der Waals surface area contributed by atoms with E-state index in [1.54, 1.807) is 6.07 Å². The van der Waals surface area contributed by atoms with Crippen molar-refractivity contribution < 1.29 is 4.79 Å². The Hall–Kier alpha value is -1.84. The zero-order valence-electron chi connectivity index (χ0n) is 10.1. The van der Waals surface area contributed by atoms with Gasteiger partial charge in [-0.25, -0.2) is 0 Å². The van der Waals surface area contributed by atoms with Gasteiger partial charge < -0.3 is 11.1 Å². The van der Waals surface area contributed by atoms with E-state index in [0.717, 1.165) is 24.1 Å². The Morgan fingerprint density at radius 3 is 2.59 bits per heavy atom. The number of amides is 1. The van der Waals surface area contributed by atoms with Gasteiger partial charge in [0.15, 0.2) is 0 Å². The molecule has 1 aromatic carbocycles. The number of carbonyl (C=O) groups is 1. The lowest BCUT2D eigenvalue weighted by atomic mass is 9.76. The number of benzene rings is 1. The van der Waals surface area contributed by atoms with Gasteiger partial charge in [-0.15, -0.1) is 0 Å². The Labute approximate surface area is 101 Å². The standard InChI is InChI=1S/C13H17N3O/c1-3-13(4-2)9-7-8(11(14)15)5-6-10(9)16-12(13)17/h5-7H,3-4H2,1-2H3,(H3,14,15)(H,16,17). The Morgan fingerprint density at radius 2 is 2.06 bits per heavy atom. The van der Waals surface area contributed by atoms with E-state index in [9.17, 15) is 4.79 Å². The van der Waals surface area contributed by atoms with Crippen molar-refractivity contribution >= 4 is 17.4 Å². The highest BCUT2D eigenvalue weighted by Gasteiger charge is 2.43. The summed E-state index contributed by atoms with van der Waals surface area (Å²) in [5.41, 5.74) is 7.53. The second-order valence-electron chi connectivity index (χ2n) is 4.42. The van der Waals surface area contributed by atoms with Crippen molar-refractivity contribution in [2.45, 2.75) is 32.1 Å². The molecule has 4 heteroatoms. The van der Waals surface area contributed by atoms with E-state index < -0.39 is 5.41 Å². The molecular weight excluding hydrogens is 214 g/mol. The number of carbonyl (C=O) groups excluding carboxylic acids is 1. The SMILES string of the molecule is CCC1(CC)C(=O)Nc2ccc(C(=N)N)cc21. The summed E-state index contributed by atoms with van der Waals surface area (Å²) in [4.78, 5) is 12.1. The van der Waals surface area contributed by atoms with Crippen molar-refractivity contribution in [1.29, 1.82) is 5.41 Å². The molecule has 1 amide bonds. The van der Waals surface area contributed by atoms with Gasteiger partial charge in [0, 0.05) is 11.3 Å². The zero-order chi connectivity index (χ0) is 12.6. The molecule has 0 saturated heterocycles. The molecule has 0 atom stereocenters. The maximum absolute atomic E-state index is 12.1. The summed E-state index contributed by atoms with van der Waals surface area (Å²) in [6.07, 6.45) is 1.51. The van der Waals surface area contributed by atoms with E-state index in [4.69, 9.17) is 11.1 Å². The average Bonchev–Trinajstić information content (AvgIpc) is 2.60. The predicted molar refractivity (Wildman–Crippen MR) is 68.3 cm³/mol. The summed E-state index contributed by atoms with van der Waals surface area (Å²) in [7, 11) is 0. The third-order valence-corrected chi connectivity index (χ3v) is 3.74. The van der Waals surface area contributed by atoms with Crippen molar-refractivity contribution in [3.8, 4) is 0 Å². The predicted octanol–water partition coefficient (Wildman–Crippen LogP) is 1.98. The van der Waals surface area contributed by atoms with E-state index in [1.165, 1.54) is 0 Å². The first-order valence-electron chi connectivity index (χ1n) is 5.85. The summed E-state index contributed by atoms with van der Waals surface area (Å²) in [5.74, 6) is 0.0893. The average molecular weight is 231 g/mol. The number of anilines is 1. The van der Waals surface area contributed by atoms with Gasteiger partial charge in [0.25, 0.3) is 0 Å². The smallest absolute Gasteiger partial charge is 0.235 e. The molecule has 1 aromatic rings. The second kappa shape index (κ2) is 3.87. The van der Waals surface area contributed by atoms with Gasteiger partial charge >= 0.3 is 0 Å². The number of nitrogens with one attached hydrogen (secondary N) is 2. The fraction of sp³-hybridized carbons (Fsp3) is 0.385. The lowest BCUT2D eigenvalue weighted by Crippen LogP contribution is -2.33. The van der Waals surface area contributed by atoms with Crippen molar-refractivity contribution in [3.05, 3.63) is 29.3 Å². The Morgan fingerprint density at radius 1 is 1.41 bits per heavy atom. The molecule has 1 aliphatic rings. The molecule has 17 heavy (non-hydrogen) atoms. The largest absolute Gasteiger partial charge is 0.384 e. The first-order chi connectivity index (χ1) is 8.05. The highest BCUT2D eigenvalue weighted by Crippen LogP contribution is 2.42. The molecule has 90 valence electrons. The highest BCUT2D eigenvalue weighted by molar-refractivity contribution is 6.07. The molecule has 0 aromatic heterocycles. The van der Waals surface area contributed by atoms with Crippen LogP contribution in [0.1, 0.15) is 37.8 Å². The lowest BCUT2D eigenvalue weighted by molar-refractivity contribution is -0.121.